The molecule has 0 bridgehead atoms. The van der Waals surface area contributed by atoms with Crippen LogP contribution in [0.4, 0.5) is 0 Å². The molecular formula is C19H18N6O3S. The second-order valence-electron chi connectivity index (χ2n) is 7.00. The van der Waals surface area contributed by atoms with Gasteiger partial charge >= 0.3 is 0 Å². The molecule has 4 heterocycles. The molecule has 2 aromatic heterocycles. The van der Waals surface area contributed by atoms with Crippen LogP contribution in [0.15, 0.2) is 58.0 Å². The summed E-state index contributed by atoms with van der Waals surface area (Å²) in [4.78, 5) is 14.9. The third-order valence-electron chi connectivity index (χ3n) is 5.25. The number of hydrogen-bond acceptors (Lipinski definition) is 6. The predicted molar refractivity (Wildman–Crippen MR) is 105 cm³/mol. The van der Waals surface area contributed by atoms with Gasteiger partial charge in [0.2, 0.25) is 5.91 Å². The first-order valence-electron chi connectivity index (χ1n) is 9.32. The van der Waals surface area contributed by atoms with E-state index in [1.165, 1.54) is 0 Å². The number of carbonyl (C=O) groups excluding carboxylic acids is 1. The Kier molecular flexibility index (Phi) is 4.09. The molecule has 5 rings (SSSR count). The topological polar surface area (TPSA) is 109 Å². The van der Waals surface area contributed by atoms with E-state index in [9.17, 15) is 13.2 Å². The van der Waals surface area contributed by atoms with Crippen LogP contribution in [0.3, 0.4) is 0 Å². The Morgan fingerprint density at radius 1 is 1.14 bits per heavy atom. The standard InChI is InChI=1S/C19H18N6O3S/c26-19(20-12-17-22-21-16-9-3-4-10-25(16)17)14-7-5-11-24(14)18-13-6-1-2-8-15(13)29(27,28)23-18/h1-4,6,8-10,14H,5,7,11-12H2,(H,20,26)/t14-/m0/s1. The normalized spacial score (nSPS) is 19.9. The number of likely N-dealkylation sites (tertiary alicyclic amines) is 1. The monoisotopic (exact) mass is 410 g/mol. The molecule has 1 aromatic carbocycles. The summed E-state index contributed by atoms with van der Waals surface area (Å²) in [5.41, 5.74) is 1.26. The molecule has 29 heavy (non-hydrogen) atoms. The molecule has 0 saturated carbocycles. The van der Waals surface area contributed by atoms with Crippen molar-refractivity contribution >= 4 is 27.4 Å². The first-order valence-corrected chi connectivity index (χ1v) is 10.8. The van der Waals surface area contributed by atoms with Crippen molar-refractivity contribution in [3.05, 3.63) is 60.0 Å². The van der Waals surface area contributed by atoms with Crippen LogP contribution in [0, 0.1) is 0 Å². The number of rotatable bonds is 3. The van der Waals surface area contributed by atoms with Gasteiger partial charge in [0, 0.05) is 18.3 Å². The zero-order valence-electron chi connectivity index (χ0n) is 15.4. The van der Waals surface area contributed by atoms with Crippen LogP contribution < -0.4 is 5.32 Å². The van der Waals surface area contributed by atoms with Gasteiger partial charge in [0.05, 0.1) is 6.54 Å². The van der Waals surface area contributed by atoms with Crippen LogP contribution in [0.25, 0.3) is 5.65 Å². The summed E-state index contributed by atoms with van der Waals surface area (Å²) in [6.45, 7) is 0.810. The Morgan fingerprint density at radius 3 is 2.86 bits per heavy atom. The van der Waals surface area contributed by atoms with E-state index >= 15 is 0 Å². The van der Waals surface area contributed by atoms with Gasteiger partial charge < -0.3 is 10.2 Å². The molecule has 0 radical (unpaired) electrons. The van der Waals surface area contributed by atoms with Crippen LogP contribution in [0.2, 0.25) is 0 Å². The number of sulfonamides is 1. The molecule has 1 amide bonds. The summed E-state index contributed by atoms with van der Waals surface area (Å²) in [6.07, 6.45) is 3.26. The van der Waals surface area contributed by atoms with Gasteiger partial charge in [0.25, 0.3) is 10.0 Å². The lowest BCUT2D eigenvalue weighted by molar-refractivity contribution is -0.124. The van der Waals surface area contributed by atoms with Gasteiger partial charge in [-0.1, -0.05) is 18.2 Å². The number of aromatic nitrogens is 3. The highest BCUT2D eigenvalue weighted by atomic mass is 32.2. The van der Waals surface area contributed by atoms with E-state index in [0.717, 1.165) is 6.42 Å². The molecule has 1 N–H and O–H groups in total. The summed E-state index contributed by atoms with van der Waals surface area (Å²) in [6, 6.07) is 11.8. The van der Waals surface area contributed by atoms with E-state index in [0.29, 0.717) is 35.8 Å². The van der Waals surface area contributed by atoms with Crippen molar-refractivity contribution in [2.24, 2.45) is 4.40 Å². The fourth-order valence-electron chi connectivity index (χ4n) is 3.88. The summed E-state index contributed by atoms with van der Waals surface area (Å²) >= 11 is 0. The summed E-state index contributed by atoms with van der Waals surface area (Å²) < 4.78 is 30.5. The van der Waals surface area contributed by atoms with Crippen molar-refractivity contribution < 1.29 is 13.2 Å². The largest absolute Gasteiger partial charge is 0.347 e. The summed E-state index contributed by atoms with van der Waals surface area (Å²) in [7, 11) is -3.72. The van der Waals surface area contributed by atoms with Crippen molar-refractivity contribution in [1.82, 2.24) is 24.8 Å². The number of nitrogens with one attached hydrogen (secondary N) is 1. The Hall–Kier alpha value is -3.27. The van der Waals surface area contributed by atoms with Crippen LogP contribution in [-0.2, 0) is 21.4 Å². The SMILES string of the molecule is O=C(NCc1nnc2ccccn12)[C@@H]1CCCN1C1=NS(=O)(=O)c2ccccc21. The Labute approximate surface area is 167 Å². The lowest BCUT2D eigenvalue weighted by Crippen LogP contribution is -2.45. The van der Waals surface area contributed by atoms with Crippen molar-refractivity contribution in [2.75, 3.05) is 6.54 Å². The molecule has 0 aliphatic carbocycles. The van der Waals surface area contributed by atoms with Crippen LogP contribution in [0.1, 0.15) is 24.2 Å². The van der Waals surface area contributed by atoms with Gasteiger partial charge in [0.15, 0.2) is 17.3 Å². The maximum absolute atomic E-state index is 12.9. The van der Waals surface area contributed by atoms with E-state index in [1.54, 1.807) is 29.2 Å². The van der Waals surface area contributed by atoms with E-state index < -0.39 is 16.1 Å². The van der Waals surface area contributed by atoms with Gasteiger partial charge in [-0.05, 0) is 37.1 Å². The zero-order valence-corrected chi connectivity index (χ0v) is 16.2. The first-order chi connectivity index (χ1) is 14.0. The molecule has 3 aromatic rings. The smallest absolute Gasteiger partial charge is 0.285 e. The summed E-state index contributed by atoms with van der Waals surface area (Å²) in [5, 5.41) is 11.1. The minimum atomic E-state index is -3.72. The second-order valence-corrected chi connectivity index (χ2v) is 8.57. The van der Waals surface area contributed by atoms with Gasteiger partial charge in [0.1, 0.15) is 10.9 Å². The van der Waals surface area contributed by atoms with Crippen molar-refractivity contribution in [3.63, 3.8) is 0 Å². The maximum atomic E-state index is 12.9. The van der Waals surface area contributed by atoms with Gasteiger partial charge in [-0.15, -0.1) is 14.6 Å². The van der Waals surface area contributed by atoms with E-state index in [1.807, 2.05) is 28.8 Å². The highest BCUT2D eigenvalue weighted by molar-refractivity contribution is 7.90. The van der Waals surface area contributed by atoms with E-state index in [4.69, 9.17) is 0 Å². The molecule has 1 fully saturated rings. The minimum absolute atomic E-state index is 0.181. The van der Waals surface area contributed by atoms with Gasteiger partial charge in [-0.25, -0.2) is 0 Å². The highest BCUT2D eigenvalue weighted by Gasteiger charge is 2.39. The molecule has 148 valence electrons. The van der Waals surface area contributed by atoms with Crippen molar-refractivity contribution in [3.8, 4) is 0 Å². The van der Waals surface area contributed by atoms with Crippen LogP contribution in [-0.4, -0.2) is 52.2 Å². The summed E-state index contributed by atoms with van der Waals surface area (Å²) in [5.74, 6) is 0.801. The Balaban J connectivity index is 1.37. The molecule has 0 unspecified atom stereocenters. The number of amidine groups is 1. The number of benzene rings is 1. The van der Waals surface area contributed by atoms with E-state index in [2.05, 4.69) is 19.9 Å². The fraction of sp³-hybridized carbons (Fsp3) is 0.263. The molecule has 10 heteroatoms. The number of amides is 1. The first kappa shape index (κ1) is 17.8. The number of fused-ring (bicyclic) bond motifs is 2. The zero-order chi connectivity index (χ0) is 20.0. The molecule has 0 spiro atoms. The second kappa shape index (κ2) is 6.66. The number of pyridine rings is 1. The minimum Gasteiger partial charge on any atom is -0.347 e. The van der Waals surface area contributed by atoms with Gasteiger partial charge in [-0.3, -0.25) is 9.20 Å². The third kappa shape index (κ3) is 2.96. The predicted octanol–water partition coefficient (Wildman–Crippen LogP) is 0.959. The lowest BCUT2D eigenvalue weighted by atomic mass is 10.1. The van der Waals surface area contributed by atoms with Crippen molar-refractivity contribution in [1.29, 1.82) is 0 Å². The third-order valence-corrected chi connectivity index (χ3v) is 6.57. The van der Waals surface area contributed by atoms with Crippen molar-refractivity contribution in [2.45, 2.75) is 30.3 Å². The number of nitrogens with zero attached hydrogens (tertiary/aromatic N) is 5. The average Bonchev–Trinajstić information content (AvgIpc) is 3.43. The molecule has 1 saturated heterocycles. The van der Waals surface area contributed by atoms with Gasteiger partial charge in [-0.2, -0.15) is 8.42 Å². The molecule has 2 aliphatic heterocycles. The van der Waals surface area contributed by atoms with E-state index in [-0.39, 0.29) is 17.3 Å². The molecular weight excluding hydrogens is 392 g/mol. The maximum Gasteiger partial charge on any atom is 0.285 e. The highest BCUT2D eigenvalue weighted by Crippen LogP contribution is 2.31. The quantitative estimate of drug-likeness (QED) is 0.689. The Bertz CT molecular complexity index is 1250. The molecule has 2 aliphatic rings. The Morgan fingerprint density at radius 2 is 1.97 bits per heavy atom. The lowest BCUT2D eigenvalue weighted by Gasteiger charge is -2.25. The molecule has 9 nitrogen and oxygen atoms in total. The fourth-order valence-corrected chi connectivity index (χ4v) is 5.10. The molecule has 1 atom stereocenters. The average molecular weight is 410 g/mol. The number of hydrogen-bond donors (Lipinski definition) is 1. The van der Waals surface area contributed by atoms with Crippen LogP contribution >= 0.6 is 0 Å². The number of carbonyl (C=O) groups is 1. The van der Waals surface area contributed by atoms with Crippen LogP contribution in [0.5, 0.6) is 0 Å².